The molecule has 0 fully saturated rings. The molecule has 7 heteroatoms. The Hall–Kier alpha value is -2.73. The first-order chi connectivity index (χ1) is 11.5. The van der Waals surface area contributed by atoms with E-state index in [0.29, 0.717) is 22.2 Å². The molecule has 0 bridgehead atoms. The minimum absolute atomic E-state index is 0.164. The number of amides is 1. The minimum Gasteiger partial charge on any atom is -0.495 e. The summed E-state index contributed by atoms with van der Waals surface area (Å²) in [5.74, 6) is -0.334. The van der Waals surface area contributed by atoms with Crippen molar-refractivity contribution in [1.29, 1.82) is 0 Å². The Morgan fingerprint density at radius 2 is 1.58 bits per heavy atom. The number of benzene rings is 2. The third-order valence-corrected chi connectivity index (χ3v) is 3.59. The molecule has 2 aromatic carbocycles. The van der Waals surface area contributed by atoms with Crippen LogP contribution < -0.4 is 14.8 Å². The molecule has 126 valence electrons. The van der Waals surface area contributed by atoms with Crippen LogP contribution in [0.5, 0.6) is 11.5 Å². The first-order valence-corrected chi connectivity index (χ1v) is 7.29. The Bertz CT molecular complexity index is 776. The summed E-state index contributed by atoms with van der Waals surface area (Å²) in [5.41, 5.74) is 0.709. The van der Waals surface area contributed by atoms with Gasteiger partial charge in [-0.2, -0.15) is 0 Å². The highest BCUT2D eigenvalue weighted by Crippen LogP contribution is 2.36. The van der Waals surface area contributed by atoms with Crippen molar-refractivity contribution in [1.82, 2.24) is 0 Å². The number of anilines is 1. The van der Waals surface area contributed by atoms with Gasteiger partial charge in [-0.1, -0.05) is 23.7 Å². The van der Waals surface area contributed by atoms with E-state index in [-0.39, 0.29) is 11.1 Å². The van der Waals surface area contributed by atoms with Crippen LogP contribution in [0, 0.1) is 0 Å². The van der Waals surface area contributed by atoms with Crippen molar-refractivity contribution >= 4 is 29.2 Å². The molecule has 0 atom stereocenters. The van der Waals surface area contributed by atoms with Gasteiger partial charge in [0.1, 0.15) is 11.5 Å². The number of carbonyl (C=O) groups excluding carboxylic acids is 2. The zero-order chi connectivity index (χ0) is 17.7. The molecule has 0 aliphatic carbocycles. The van der Waals surface area contributed by atoms with Crippen LogP contribution in [0.3, 0.4) is 0 Å². The van der Waals surface area contributed by atoms with Crippen LogP contribution in [0.1, 0.15) is 20.7 Å². The van der Waals surface area contributed by atoms with Crippen LogP contribution in [0.25, 0.3) is 0 Å². The van der Waals surface area contributed by atoms with Gasteiger partial charge < -0.3 is 19.5 Å². The fourth-order valence-electron chi connectivity index (χ4n) is 2.12. The molecule has 1 N–H and O–H groups in total. The van der Waals surface area contributed by atoms with Gasteiger partial charge in [0.2, 0.25) is 0 Å². The lowest BCUT2D eigenvalue weighted by molar-refractivity contribution is 0.0597. The molecule has 0 saturated heterocycles. The van der Waals surface area contributed by atoms with Gasteiger partial charge >= 0.3 is 5.97 Å². The number of esters is 1. The van der Waals surface area contributed by atoms with Gasteiger partial charge in [-0.3, -0.25) is 4.79 Å². The van der Waals surface area contributed by atoms with Crippen molar-refractivity contribution in [2.24, 2.45) is 0 Å². The number of rotatable bonds is 5. The number of ether oxygens (including phenoxy) is 3. The van der Waals surface area contributed by atoms with E-state index in [0.717, 1.165) is 0 Å². The second-order valence-corrected chi connectivity index (χ2v) is 5.09. The van der Waals surface area contributed by atoms with Crippen molar-refractivity contribution in [2.75, 3.05) is 26.6 Å². The van der Waals surface area contributed by atoms with E-state index in [9.17, 15) is 9.59 Å². The lowest BCUT2D eigenvalue weighted by Gasteiger charge is -2.14. The van der Waals surface area contributed by atoms with Crippen LogP contribution in [-0.2, 0) is 4.74 Å². The molecule has 0 aliphatic rings. The average Bonchev–Trinajstić information content (AvgIpc) is 2.61. The summed E-state index contributed by atoms with van der Waals surface area (Å²) in [5, 5.41) is 3.04. The molecule has 0 unspecified atom stereocenters. The van der Waals surface area contributed by atoms with Crippen molar-refractivity contribution in [3.63, 3.8) is 0 Å². The standard InChI is InChI=1S/C17H16ClNO5/c1-22-14-9-13(15(23-2)8-12(14)18)19-16(20)10-6-4-5-7-11(10)17(21)24-3/h4-9H,1-3H3,(H,19,20). The summed E-state index contributed by atoms with van der Waals surface area (Å²) < 4.78 is 15.0. The lowest BCUT2D eigenvalue weighted by atomic mass is 10.1. The molecule has 24 heavy (non-hydrogen) atoms. The summed E-state index contributed by atoms with van der Waals surface area (Å²) in [4.78, 5) is 24.4. The predicted octanol–water partition coefficient (Wildman–Crippen LogP) is 3.40. The number of nitrogens with one attached hydrogen (secondary N) is 1. The molecule has 2 aromatic rings. The maximum absolute atomic E-state index is 12.6. The topological polar surface area (TPSA) is 73.9 Å². The molecule has 0 radical (unpaired) electrons. The average molecular weight is 350 g/mol. The predicted molar refractivity (Wildman–Crippen MR) is 90.3 cm³/mol. The summed E-state index contributed by atoms with van der Waals surface area (Å²) in [6.45, 7) is 0. The van der Waals surface area contributed by atoms with E-state index in [1.54, 1.807) is 18.2 Å². The summed E-state index contributed by atoms with van der Waals surface area (Å²) in [6, 6.07) is 9.42. The number of carbonyl (C=O) groups is 2. The second kappa shape index (κ2) is 7.70. The fourth-order valence-corrected chi connectivity index (χ4v) is 2.35. The highest BCUT2D eigenvalue weighted by molar-refractivity contribution is 6.32. The van der Waals surface area contributed by atoms with Crippen LogP contribution in [0.15, 0.2) is 36.4 Å². The largest absolute Gasteiger partial charge is 0.495 e. The van der Waals surface area contributed by atoms with E-state index in [2.05, 4.69) is 5.32 Å². The minimum atomic E-state index is -0.596. The molecule has 0 aromatic heterocycles. The van der Waals surface area contributed by atoms with Gasteiger partial charge in [0.25, 0.3) is 5.91 Å². The maximum atomic E-state index is 12.6. The monoisotopic (exact) mass is 349 g/mol. The van der Waals surface area contributed by atoms with E-state index < -0.39 is 11.9 Å². The summed E-state index contributed by atoms with van der Waals surface area (Å²) in [6.07, 6.45) is 0. The quantitative estimate of drug-likeness (QED) is 0.837. The van der Waals surface area contributed by atoms with E-state index in [1.165, 1.54) is 39.5 Å². The first kappa shape index (κ1) is 17.6. The molecule has 0 aliphatic heterocycles. The van der Waals surface area contributed by atoms with Gasteiger partial charge in [-0.15, -0.1) is 0 Å². The van der Waals surface area contributed by atoms with E-state index in [1.807, 2.05) is 0 Å². The first-order valence-electron chi connectivity index (χ1n) is 6.92. The molecule has 6 nitrogen and oxygen atoms in total. The van der Waals surface area contributed by atoms with Crippen molar-refractivity contribution in [3.05, 3.63) is 52.5 Å². The highest BCUT2D eigenvalue weighted by Gasteiger charge is 2.19. The van der Waals surface area contributed by atoms with Crippen molar-refractivity contribution in [2.45, 2.75) is 0 Å². The van der Waals surface area contributed by atoms with E-state index in [4.69, 9.17) is 25.8 Å². The molecule has 0 saturated carbocycles. The summed E-state index contributed by atoms with van der Waals surface area (Å²) in [7, 11) is 4.17. The Kier molecular flexibility index (Phi) is 5.65. The summed E-state index contributed by atoms with van der Waals surface area (Å²) >= 11 is 6.04. The molecule has 0 spiro atoms. The zero-order valence-electron chi connectivity index (χ0n) is 13.4. The van der Waals surface area contributed by atoms with Crippen LogP contribution in [0.4, 0.5) is 5.69 Å². The Morgan fingerprint density at radius 1 is 0.958 bits per heavy atom. The number of hydrogen-bond donors (Lipinski definition) is 1. The zero-order valence-corrected chi connectivity index (χ0v) is 14.1. The smallest absolute Gasteiger partial charge is 0.338 e. The number of halogens is 1. The lowest BCUT2D eigenvalue weighted by Crippen LogP contribution is -2.17. The van der Waals surface area contributed by atoms with E-state index >= 15 is 0 Å². The number of hydrogen-bond acceptors (Lipinski definition) is 5. The maximum Gasteiger partial charge on any atom is 0.338 e. The molecular formula is C17H16ClNO5. The third kappa shape index (κ3) is 3.60. The highest BCUT2D eigenvalue weighted by atomic mass is 35.5. The third-order valence-electron chi connectivity index (χ3n) is 3.30. The van der Waals surface area contributed by atoms with Crippen LogP contribution in [0.2, 0.25) is 5.02 Å². The van der Waals surface area contributed by atoms with Gasteiger partial charge in [-0.05, 0) is 12.1 Å². The van der Waals surface area contributed by atoms with Gasteiger partial charge in [0.05, 0.1) is 43.2 Å². The Balaban J connectivity index is 2.39. The van der Waals surface area contributed by atoms with Crippen LogP contribution >= 0.6 is 11.6 Å². The normalized spacial score (nSPS) is 10.0. The van der Waals surface area contributed by atoms with Crippen molar-refractivity contribution < 1.29 is 23.8 Å². The number of methoxy groups -OCH3 is 3. The van der Waals surface area contributed by atoms with Gasteiger partial charge in [-0.25, -0.2) is 4.79 Å². The molecule has 1 amide bonds. The molecular weight excluding hydrogens is 334 g/mol. The Labute approximate surface area is 144 Å². The Morgan fingerprint density at radius 3 is 2.17 bits per heavy atom. The fraction of sp³-hybridized carbons (Fsp3) is 0.176. The molecule has 0 heterocycles. The van der Waals surface area contributed by atoms with Gasteiger partial charge in [0, 0.05) is 12.1 Å². The molecule has 2 rings (SSSR count). The van der Waals surface area contributed by atoms with Gasteiger partial charge in [0.15, 0.2) is 0 Å². The van der Waals surface area contributed by atoms with Crippen molar-refractivity contribution in [3.8, 4) is 11.5 Å². The SMILES string of the molecule is COC(=O)c1ccccc1C(=O)Nc1cc(OC)c(Cl)cc1OC. The van der Waals surface area contributed by atoms with Crippen LogP contribution in [-0.4, -0.2) is 33.2 Å². The second-order valence-electron chi connectivity index (χ2n) is 4.68.